The molecule has 33 heavy (non-hydrogen) atoms. The number of hydrogen-bond donors (Lipinski definition) is 0. The van der Waals surface area contributed by atoms with Crippen molar-refractivity contribution in [3.63, 3.8) is 0 Å². The van der Waals surface area contributed by atoms with E-state index in [1.165, 1.54) is 6.07 Å². The van der Waals surface area contributed by atoms with E-state index in [9.17, 15) is 18.0 Å². The Hall–Kier alpha value is -3.22. The van der Waals surface area contributed by atoms with Gasteiger partial charge in [-0.05, 0) is 43.5 Å². The van der Waals surface area contributed by atoms with Crippen LogP contribution in [0.15, 0.2) is 66.9 Å². The number of amides is 1. The lowest BCUT2D eigenvalue weighted by Crippen LogP contribution is -2.32. The molecule has 7 heteroatoms. The number of alkyl halides is 3. The number of anilines is 1. The van der Waals surface area contributed by atoms with Crippen LogP contribution in [0.3, 0.4) is 0 Å². The average molecular weight is 454 g/mol. The zero-order chi connectivity index (χ0) is 23.8. The standard InChI is InChI=1S/C26H26F3N3O/c1-17-9-11-20(12-10-17)32-21(18-7-5-4-6-8-18)15-19(23(32)33)16-25(2,3)22-13-14-30-24(31-22)26(27,28)29/h4-14,19,21H,15-16H2,1-3H3/t19-,21+/m0/s1. The summed E-state index contributed by atoms with van der Waals surface area (Å²) < 4.78 is 39.4. The number of nitrogens with zero attached hydrogens (tertiary/aromatic N) is 3. The van der Waals surface area contributed by atoms with Crippen LogP contribution in [0, 0.1) is 12.8 Å². The lowest BCUT2D eigenvalue weighted by atomic mass is 9.78. The van der Waals surface area contributed by atoms with Crippen molar-refractivity contribution in [1.82, 2.24) is 9.97 Å². The highest BCUT2D eigenvalue weighted by molar-refractivity contribution is 5.98. The number of aryl methyl sites for hydroxylation is 1. The molecule has 1 amide bonds. The monoisotopic (exact) mass is 453 g/mol. The number of carbonyl (C=O) groups is 1. The Morgan fingerprint density at radius 1 is 1.00 bits per heavy atom. The quantitative estimate of drug-likeness (QED) is 0.458. The molecule has 172 valence electrons. The first-order chi connectivity index (χ1) is 15.6. The summed E-state index contributed by atoms with van der Waals surface area (Å²) in [6.07, 6.45) is -2.52. The van der Waals surface area contributed by atoms with Crippen molar-refractivity contribution < 1.29 is 18.0 Å². The molecule has 1 aliphatic rings. The summed E-state index contributed by atoms with van der Waals surface area (Å²) in [6.45, 7) is 5.65. The van der Waals surface area contributed by atoms with Crippen LogP contribution >= 0.6 is 0 Å². The van der Waals surface area contributed by atoms with Gasteiger partial charge in [0.05, 0.1) is 11.7 Å². The van der Waals surface area contributed by atoms with Gasteiger partial charge < -0.3 is 4.90 Å². The SMILES string of the molecule is Cc1ccc(N2C(=O)[C@H](CC(C)(C)c3ccnc(C(F)(F)F)n3)C[C@@H]2c2ccccc2)cc1. The molecule has 0 N–H and O–H groups in total. The molecule has 4 rings (SSSR count). The minimum atomic E-state index is -4.62. The summed E-state index contributed by atoms with van der Waals surface area (Å²) in [5.74, 6) is -1.53. The van der Waals surface area contributed by atoms with E-state index in [1.54, 1.807) is 0 Å². The number of aromatic nitrogens is 2. The minimum absolute atomic E-state index is 0.0223. The number of rotatable bonds is 5. The van der Waals surface area contributed by atoms with Gasteiger partial charge in [-0.25, -0.2) is 9.97 Å². The van der Waals surface area contributed by atoms with E-state index in [0.29, 0.717) is 12.8 Å². The van der Waals surface area contributed by atoms with Crippen molar-refractivity contribution >= 4 is 11.6 Å². The molecular weight excluding hydrogens is 427 g/mol. The van der Waals surface area contributed by atoms with Crippen LogP contribution in [0.1, 0.15) is 55.4 Å². The molecule has 3 aromatic rings. The van der Waals surface area contributed by atoms with E-state index in [1.807, 2.05) is 80.3 Å². The summed E-state index contributed by atoms with van der Waals surface area (Å²) in [6, 6.07) is 19.0. The molecule has 2 aromatic carbocycles. The highest BCUT2D eigenvalue weighted by atomic mass is 19.4. The van der Waals surface area contributed by atoms with Crippen molar-refractivity contribution in [3.05, 3.63) is 89.5 Å². The molecule has 2 heterocycles. The second kappa shape index (κ2) is 8.61. The molecule has 0 bridgehead atoms. The summed E-state index contributed by atoms with van der Waals surface area (Å²) in [5.41, 5.74) is 2.49. The molecule has 1 aliphatic heterocycles. The highest BCUT2D eigenvalue weighted by Crippen LogP contribution is 2.44. The number of halogens is 3. The molecule has 4 nitrogen and oxygen atoms in total. The second-order valence-electron chi connectivity index (χ2n) is 9.25. The van der Waals surface area contributed by atoms with Crippen molar-refractivity contribution in [1.29, 1.82) is 0 Å². The molecule has 0 aliphatic carbocycles. The number of hydrogen-bond acceptors (Lipinski definition) is 3. The van der Waals surface area contributed by atoms with Crippen molar-refractivity contribution in [2.45, 2.75) is 51.2 Å². The maximum Gasteiger partial charge on any atom is 0.451 e. The Morgan fingerprint density at radius 2 is 1.67 bits per heavy atom. The van der Waals surface area contributed by atoms with Crippen LogP contribution in [-0.2, 0) is 16.4 Å². The number of carbonyl (C=O) groups excluding carboxylic acids is 1. The molecule has 0 radical (unpaired) electrons. The lowest BCUT2D eigenvalue weighted by molar-refractivity contribution is -0.145. The normalized spacial score (nSPS) is 19.2. The summed E-state index contributed by atoms with van der Waals surface area (Å²) in [7, 11) is 0. The first-order valence-electron chi connectivity index (χ1n) is 10.9. The van der Waals surface area contributed by atoms with Gasteiger partial charge in [0.15, 0.2) is 0 Å². The minimum Gasteiger partial charge on any atom is -0.305 e. The Labute approximate surface area is 191 Å². The van der Waals surface area contributed by atoms with Crippen molar-refractivity contribution in [2.24, 2.45) is 5.92 Å². The Morgan fingerprint density at radius 3 is 2.30 bits per heavy atom. The van der Waals surface area contributed by atoms with E-state index in [2.05, 4.69) is 9.97 Å². The van der Waals surface area contributed by atoms with Gasteiger partial charge in [-0.3, -0.25) is 4.79 Å². The third kappa shape index (κ3) is 4.77. The predicted octanol–water partition coefficient (Wildman–Crippen LogP) is 6.27. The van der Waals surface area contributed by atoms with E-state index in [-0.39, 0.29) is 23.6 Å². The third-order valence-corrected chi connectivity index (χ3v) is 6.26. The fourth-order valence-corrected chi connectivity index (χ4v) is 4.56. The molecule has 1 saturated heterocycles. The first-order valence-corrected chi connectivity index (χ1v) is 10.9. The first kappa shape index (κ1) is 23.0. The topological polar surface area (TPSA) is 46.1 Å². The molecule has 2 atom stereocenters. The maximum atomic E-state index is 13.6. The molecule has 1 aromatic heterocycles. The van der Waals surface area contributed by atoms with Crippen LogP contribution in [0.2, 0.25) is 0 Å². The van der Waals surface area contributed by atoms with Gasteiger partial charge in [-0.2, -0.15) is 13.2 Å². The van der Waals surface area contributed by atoms with Crippen LogP contribution in [0.4, 0.5) is 18.9 Å². The summed E-state index contributed by atoms with van der Waals surface area (Å²) in [5, 5.41) is 0. The zero-order valence-corrected chi connectivity index (χ0v) is 18.8. The maximum absolute atomic E-state index is 13.6. The van der Waals surface area contributed by atoms with E-state index in [4.69, 9.17) is 0 Å². The van der Waals surface area contributed by atoms with Gasteiger partial charge in [-0.15, -0.1) is 0 Å². The van der Waals surface area contributed by atoms with Gasteiger partial charge in [-0.1, -0.05) is 61.9 Å². The Bertz CT molecular complexity index is 1130. The van der Waals surface area contributed by atoms with E-state index >= 15 is 0 Å². The van der Waals surface area contributed by atoms with Gasteiger partial charge >= 0.3 is 6.18 Å². The fraction of sp³-hybridized carbons (Fsp3) is 0.346. The van der Waals surface area contributed by atoms with Crippen molar-refractivity contribution in [3.8, 4) is 0 Å². The average Bonchev–Trinajstić information content (AvgIpc) is 3.10. The largest absolute Gasteiger partial charge is 0.451 e. The Kier molecular flexibility index (Phi) is 5.99. The highest BCUT2D eigenvalue weighted by Gasteiger charge is 2.44. The Balaban J connectivity index is 1.65. The van der Waals surface area contributed by atoms with Crippen LogP contribution in [0.5, 0.6) is 0 Å². The third-order valence-electron chi connectivity index (χ3n) is 6.26. The second-order valence-corrected chi connectivity index (χ2v) is 9.25. The van der Waals surface area contributed by atoms with Crippen LogP contribution in [0.25, 0.3) is 0 Å². The zero-order valence-electron chi connectivity index (χ0n) is 18.8. The summed E-state index contributed by atoms with van der Waals surface area (Å²) in [4.78, 5) is 22.6. The van der Waals surface area contributed by atoms with Crippen LogP contribution < -0.4 is 4.90 Å². The molecule has 0 saturated carbocycles. The molecule has 1 fully saturated rings. The van der Waals surface area contributed by atoms with Gasteiger partial charge in [0.1, 0.15) is 0 Å². The summed E-state index contributed by atoms with van der Waals surface area (Å²) >= 11 is 0. The molecule has 0 unspecified atom stereocenters. The predicted molar refractivity (Wildman–Crippen MR) is 121 cm³/mol. The molecular formula is C26H26F3N3O. The smallest absolute Gasteiger partial charge is 0.305 e. The van der Waals surface area contributed by atoms with Crippen LogP contribution in [-0.4, -0.2) is 15.9 Å². The van der Waals surface area contributed by atoms with E-state index < -0.39 is 17.4 Å². The fourth-order valence-electron chi connectivity index (χ4n) is 4.56. The van der Waals surface area contributed by atoms with Gasteiger partial charge in [0.25, 0.3) is 0 Å². The number of benzene rings is 2. The van der Waals surface area contributed by atoms with E-state index in [0.717, 1.165) is 23.0 Å². The van der Waals surface area contributed by atoms with Gasteiger partial charge in [0.2, 0.25) is 11.7 Å². The molecule has 0 spiro atoms. The lowest BCUT2D eigenvalue weighted by Gasteiger charge is -2.27. The van der Waals surface area contributed by atoms with Crippen molar-refractivity contribution in [2.75, 3.05) is 4.90 Å². The van der Waals surface area contributed by atoms with Gasteiger partial charge in [0, 0.05) is 23.2 Å².